The van der Waals surface area contributed by atoms with E-state index < -0.39 is 69.3 Å². The van der Waals surface area contributed by atoms with Gasteiger partial charge >= 0.3 is 0 Å². The van der Waals surface area contributed by atoms with Crippen LogP contribution in [0.2, 0.25) is 87.6 Å². The van der Waals surface area contributed by atoms with Gasteiger partial charge in [-0.2, -0.15) is 0 Å². The number of benzene rings is 2. The molecule has 2 aromatic rings. The quantitative estimate of drug-likeness (QED) is 0.0815. The predicted molar refractivity (Wildman–Crippen MR) is 297 cm³/mol. The fourth-order valence-corrected chi connectivity index (χ4v) is 13.2. The topological polar surface area (TPSA) is 155 Å². The second-order valence-corrected chi connectivity index (χ2v) is 46.4. The molecule has 4 heterocycles. The van der Waals surface area contributed by atoms with Crippen molar-refractivity contribution in [2.45, 2.75) is 172 Å². The zero-order valence-corrected chi connectivity index (χ0v) is 51.4. The molecule has 4 aliphatic rings. The summed E-state index contributed by atoms with van der Waals surface area (Å²) < 4.78 is 51.5. The summed E-state index contributed by atoms with van der Waals surface area (Å²) in [5.41, 5.74) is 1.60. The van der Waals surface area contributed by atoms with E-state index in [1.54, 1.807) is 70.2 Å². The third-order valence-corrected chi connectivity index (χ3v) is 28.1. The van der Waals surface area contributed by atoms with Gasteiger partial charge in [0.1, 0.15) is 49.3 Å². The molecule has 16 nitrogen and oxygen atoms in total. The van der Waals surface area contributed by atoms with E-state index in [9.17, 15) is 9.59 Å². The first-order valence-corrected chi connectivity index (χ1v) is 39.4. The predicted octanol–water partition coefficient (Wildman–Crippen LogP) is 9.31. The summed E-state index contributed by atoms with van der Waals surface area (Å²) in [5.74, 6) is -0.250. The molecular weight excluding hydrogens is 997 g/mol. The average Bonchev–Trinajstić information content (AvgIpc) is 3.78. The Kier molecular flexibility index (Phi) is 18.2. The molecule has 2 aromatic carbocycles. The Morgan fingerprint density at radius 2 is 0.890 bits per heavy atom. The van der Waals surface area contributed by atoms with Gasteiger partial charge in [0.15, 0.2) is 16.6 Å². The van der Waals surface area contributed by atoms with Gasteiger partial charge in [-0.15, -0.1) is 0 Å². The van der Waals surface area contributed by atoms with Crippen molar-refractivity contribution in [1.29, 1.82) is 0 Å². The molecule has 408 valence electrons. The summed E-state index contributed by atoms with van der Waals surface area (Å²) in [4.78, 5) is 66.3. The van der Waals surface area contributed by atoms with Gasteiger partial charge in [0.2, 0.25) is 0 Å². The minimum absolute atomic E-state index is 0.0336. The van der Waals surface area contributed by atoms with Crippen LogP contribution in [0, 0.1) is 0 Å². The molecule has 20 heteroatoms. The van der Waals surface area contributed by atoms with Crippen molar-refractivity contribution in [2.24, 2.45) is 0 Å². The molecule has 0 bridgehead atoms. The van der Waals surface area contributed by atoms with Crippen molar-refractivity contribution in [3.8, 4) is 11.5 Å². The van der Waals surface area contributed by atoms with Crippen LogP contribution in [0.4, 0.5) is 11.4 Å². The van der Waals surface area contributed by atoms with Gasteiger partial charge < -0.3 is 47.1 Å². The summed E-state index contributed by atoms with van der Waals surface area (Å²) in [5, 5.41) is -0.346. The summed E-state index contributed by atoms with van der Waals surface area (Å²) in [6.07, 6.45) is -2.51. The standard InChI is InChI=1S/C53H88N4O12Si4/c1-52(2,3)72(15,16)68-42-32-54-44(50(60)56(34-64-26-28-70(9,10)11)40-22-20-36(62-7)30-38(40)48(54)58)46(42)66-24-19-25-67-47-43(69-73(17,18)53(4,5)6)33-55-45(47)51(61)57(35-65-27-29-71(12,13)14)41-23-21-37(63-8)31-39(41)49(55)59/h20-23,30-31,42-47H,19,24-29,32-35H2,1-18H3/t42-,43?,44+,45?,46?,47?/m1/s1. The fourth-order valence-electron chi connectivity index (χ4n) is 9.06. The zero-order chi connectivity index (χ0) is 54.2. The first-order chi connectivity index (χ1) is 33.8. The molecule has 6 atom stereocenters. The van der Waals surface area contributed by atoms with Gasteiger partial charge in [-0.3, -0.25) is 29.0 Å². The van der Waals surface area contributed by atoms with E-state index in [0.29, 0.717) is 53.6 Å². The first-order valence-electron chi connectivity index (χ1n) is 26.2. The van der Waals surface area contributed by atoms with E-state index in [1.165, 1.54) is 0 Å². The van der Waals surface area contributed by atoms with Gasteiger partial charge in [0, 0.05) is 55.7 Å². The maximum atomic E-state index is 15.2. The molecule has 6 rings (SSSR count). The number of carbonyl (C=O) groups excluding carboxylic acids is 4. The molecule has 0 saturated carbocycles. The van der Waals surface area contributed by atoms with Crippen LogP contribution in [0.1, 0.15) is 68.7 Å². The molecule has 4 amide bonds. The van der Waals surface area contributed by atoms with Crippen molar-refractivity contribution in [1.82, 2.24) is 9.80 Å². The number of fused-ring (bicyclic) bond motifs is 4. The molecule has 2 saturated heterocycles. The van der Waals surface area contributed by atoms with Crippen LogP contribution in [-0.4, -0.2) is 170 Å². The van der Waals surface area contributed by atoms with E-state index in [0.717, 1.165) is 12.1 Å². The largest absolute Gasteiger partial charge is 0.497 e. The van der Waals surface area contributed by atoms with Crippen molar-refractivity contribution in [3.63, 3.8) is 0 Å². The van der Waals surface area contributed by atoms with Crippen molar-refractivity contribution in [2.75, 3.05) is 77.0 Å². The van der Waals surface area contributed by atoms with E-state index in [1.807, 2.05) is 0 Å². The number of rotatable bonds is 22. The first kappa shape index (κ1) is 58.8. The Morgan fingerprint density at radius 3 is 1.21 bits per heavy atom. The lowest BCUT2D eigenvalue weighted by Crippen LogP contribution is -2.53. The molecule has 4 unspecified atom stereocenters. The second-order valence-electron chi connectivity index (χ2n) is 25.7. The lowest BCUT2D eigenvalue weighted by Gasteiger charge is -2.40. The molecule has 73 heavy (non-hydrogen) atoms. The highest BCUT2D eigenvalue weighted by Crippen LogP contribution is 2.44. The van der Waals surface area contributed by atoms with E-state index in [-0.39, 0.29) is 73.5 Å². The third kappa shape index (κ3) is 13.4. The number of hydrogen-bond acceptors (Lipinski definition) is 12. The summed E-state index contributed by atoms with van der Waals surface area (Å²) in [7, 11) is -4.76. The third-order valence-electron chi connectivity index (χ3n) is 15.6. The molecule has 0 N–H and O–H groups in total. The Hall–Kier alpha value is -3.45. The van der Waals surface area contributed by atoms with Crippen molar-refractivity contribution < 1.29 is 56.5 Å². The lowest BCUT2D eigenvalue weighted by molar-refractivity contribution is -0.129. The average molecular weight is 1090 g/mol. The number of hydrogen-bond donors (Lipinski definition) is 0. The van der Waals surface area contributed by atoms with Crippen LogP contribution in [0.15, 0.2) is 36.4 Å². The SMILES string of the molecule is COc1ccc2c(c1)C(=O)N1CC(O[Si](C)(C)C(C)(C)C)C(OCCCOC3[C@H]4C(=O)N(COCC[Si](C)(C)C)c5ccc(OC)cc5C(=O)N4C[C@H]3O[Si](C)(C)C(C)(C)C)C1C(=O)N2COCC[Si](C)(C)C. The normalized spacial score (nSPS) is 23.1. The van der Waals surface area contributed by atoms with Crippen LogP contribution in [0.3, 0.4) is 0 Å². The number of carbonyl (C=O) groups is 4. The zero-order valence-electron chi connectivity index (χ0n) is 47.4. The lowest BCUT2D eigenvalue weighted by atomic mass is 10.1. The van der Waals surface area contributed by atoms with Crippen LogP contribution >= 0.6 is 0 Å². The van der Waals surface area contributed by atoms with Crippen LogP contribution < -0.4 is 19.3 Å². The maximum absolute atomic E-state index is 15.2. The summed E-state index contributed by atoms with van der Waals surface area (Å²) in [6.45, 7) is 36.7. The number of nitrogens with zero attached hydrogens (tertiary/aromatic N) is 4. The molecule has 4 aliphatic heterocycles. The highest BCUT2D eigenvalue weighted by molar-refractivity contribution is 6.76. The molecule has 2 fully saturated rings. The number of methoxy groups -OCH3 is 2. The minimum atomic E-state index is -2.48. The molecule has 0 radical (unpaired) electrons. The molecule has 0 spiro atoms. The Bertz CT molecular complexity index is 2150. The van der Waals surface area contributed by atoms with Gasteiger partial charge in [0.05, 0.1) is 48.9 Å². The van der Waals surface area contributed by atoms with Gasteiger partial charge in [0.25, 0.3) is 23.6 Å². The summed E-state index contributed by atoms with van der Waals surface area (Å²) in [6, 6.07) is 10.2. The minimum Gasteiger partial charge on any atom is -0.497 e. The van der Waals surface area contributed by atoms with Gasteiger partial charge in [-0.25, -0.2) is 0 Å². The second kappa shape index (κ2) is 22.6. The van der Waals surface area contributed by atoms with E-state index in [2.05, 4.69) is 107 Å². The van der Waals surface area contributed by atoms with Crippen LogP contribution in [0.25, 0.3) is 0 Å². The molecule has 0 aromatic heterocycles. The molecular formula is C53H88N4O12Si4. The summed E-state index contributed by atoms with van der Waals surface area (Å²) >= 11 is 0. The van der Waals surface area contributed by atoms with Gasteiger partial charge in [-0.1, -0.05) is 80.8 Å². The number of amides is 4. The van der Waals surface area contributed by atoms with Gasteiger partial charge in [-0.05, 0) is 91.2 Å². The number of anilines is 2. The van der Waals surface area contributed by atoms with Crippen molar-refractivity contribution in [3.05, 3.63) is 47.5 Å². The van der Waals surface area contributed by atoms with E-state index in [4.69, 9.17) is 37.3 Å². The monoisotopic (exact) mass is 1080 g/mol. The maximum Gasteiger partial charge on any atom is 0.256 e. The fraction of sp³-hybridized carbons (Fsp3) is 0.698. The Labute approximate surface area is 440 Å². The Morgan fingerprint density at radius 1 is 0.534 bits per heavy atom. The van der Waals surface area contributed by atoms with Crippen molar-refractivity contribution >= 4 is 67.8 Å². The molecule has 0 aliphatic carbocycles. The number of ether oxygens (including phenoxy) is 6. The smallest absolute Gasteiger partial charge is 0.256 e. The van der Waals surface area contributed by atoms with Crippen LogP contribution in [-0.2, 0) is 37.4 Å². The Balaban J connectivity index is 1.29. The van der Waals surface area contributed by atoms with Crippen LogP contribution in [0.5, 0.6) is 11.5 Å². The van der Waals surface area contributed by atoms with E-state index >= 15 is 9.59 Å². The highest BCUT2D eigenvalue weighted by Gasteiger charge is 2.57. The highest BCUT2D eigenvalue weighted by atomic mass is 28.4.